The highest BCUT2D eigenvalue weighted by Crippen LogP contribution is 2.08. The maximum absolute atomic E-state index is 12.7. The van der Waals surface area contributed by atoms with Crippen molar-refractivity contribution in [2.75, 3.05) is 0 Å². The first-order valence-corrected chi connectivity index (χ1v) is 7.67. The number of amides is 1. The van der Waals surface area contributed by atoms with E-state index in [2.05, 4.69) is 15.5 Å². The fourth-order valence-electron chi connectivity index (χ4n) is 2.45. The highest BCUT2D eigenvalue weighted by atomic mass is 16.2. The number of carbonyl (C=O) groups is 1. The van der Waals surface area contributed by atoms with Crippen LogP contribution in [0, 0.1) is 6.92 Å². The smallest absolute Gasteiger partial charge is 0.280 e. The van der Waals surface area contributed by atoms with E-state index in [0.717, 1.165) is 11.4 Å². The van der Waals surface area contributed by atoms with Gasteiger partial charge in [-0.15, -0.1) is 0 Å². The Kier molecular flexibility index (Phi) is 4.56. The average Bonchev–Trinajstić information content (AvgIpc) is 2.86. The molecule has 2 aromatic heterocycles. The normalized spacial score (nSPS) is 11.0. The first-order valence-electron chi connectivity index (χ1n) is 7.67. The second-order valence-corrected chi connectivity index (χ2v) is 5.42. The largest absolute Gasteiger partial charge is 0.285 e. The Bertz CT molecular complexity index is 972. The Morgan fingerprint density at radius 3 is 2.64 bits per heavy atom. The van der Waals surface area contributed by atoms with Crippen LogP contribution in [0.3, 0.4) is 0 Å². The summed E-state index contributed by atoms with van der Waals surface area (Å²) in [4.78, 5) is 28.5. The van der Waals surface area contributed by atoms with Crippen molar-refractivity contribution >= 4 is 12.1 Å². The van der Waals surface area contributed by atoms with E-state index in [1.165, 1.54) is 12.4 Å². The number of carbonyl (C=O) groups excluding carboxylic acids is 1. The molecule has 0 spiro atoms. The molecule has 3 aromatic rings. The van der Waals surface area contributed by atoms with Crippen molar-refractivity contribution in [3.8, 4) is 5.69 Å². The molecule has 0 fully saturated rings. The molecule has 1 amide bonds. The summed E-state index contributed by atoms with van der Waals surface area (Å²) in [6.45, 7) is 1.82. The number of nitrogens with zero attached hydrogens (tertiary/aromatic N) is 4. The molecule has 0 saturated carbocycles. The van der Waals surface area contributed by atoms with Crippen LogP contribution in [0.2, 0.25) is 0 Å². The third kappa shape index (κ3) is 3.25. The van der Waals surface area contributed by atoms with Crippen LogP contribution in [-0.2, 0) is 7.05 Å². The van der Waals surface area contributed by atoms with Gasteiger partial charge < -0.3 is 0 Å². The Labute approximate surface area is 144 Å². The number of hydrogen-bond acceptors (Lipinski definition) is 4. The molecule has 0 bridgehead atoms. The lowest BCUT2D eigenvalue weighted by molar-refractivity contribution is 0.0955. The number of aromatic nitrogens is 3. The van der Waals surface area contributed by atoms with E-state index in [9.17, 15) is 9.59 Å². The first kappa shape index (κ1) is 16.4. The molecule has 1 aromatic carbocycles. The van der Waals surface area contributed by atoms with Crippen molar-refractivity contribution in [2.24, 2.45) is 12.1 Å². The summed E-state index contributed by atoms with van der Waals surface area (Å²) in [5.74, 6) is -0.388. The maximum atomic E-state index is 12.7. The summed E-state index contributed by atoms with van der Waals surface area (Å²) >= 11 is 0. The lowest BCUT2D eigenvalue weighted by Crippen LogP contribution is -2.21. The minimum Gasteiger partial charge on any atom is -0.285 e. The Hall–Kier alpha value is -3.48. The average molecular weight is 335 g/mol. The molecule has 0 aliphatic heterocycles. The lowest BCUT2D eigenvalue weighted by atomic mass is 10.3. The highest BCUT2D eigenvalue weighted by Gasteiger charge is 2.14. The van der Waals surface area contributed by atoms with Crippen LogP contribution in [-0.4, -0.2) is 26.5 Å². The lowest BCUT2D eigenvalue weighted by Gasteiger charge is -2.07. The van der Waals surface area contributed by atoms with Crippen LogP contribution in [0.25, 0.3) is 5.69 Å². The van der Waals surface area contributed by atoms with E-state index in [1.807, 2.05) is 37.3 Å². The van der Waals surface area contributed by atoms with E-state index in [0.29, 0.717) is 11.1 Å². The second kappa shape index (κ2) is 6.96. The summed E-state index contributed by atoms with van der Waals surface area (Å²) < 4.78 is 3.31. The van der Waals surface area contributed by atoms with Gasteiger partial charge in [0.2, 0.25) is 0 Å². The number of nitrogens with one attached hydrogen (secondary N) is 1. The van der Waals surface area contributed by atoms with Crippen molar-refractivity contribution in [3.63, 3.8) is 0 Å². The third-order valence-corrected chi connectivity index (χ3v) is 3.88. The second-order valence-electron chi connectivity index (χ2n) is 5.42. The van der Waals surface area contributed by atoms with Gasteiger partial charge in [-0.1, -0.05) is 18.2 Å². The number of para-hydroxylation sites is 1. The summed E-state index contributed by atoms with van der Waals surface area (Å²) in [5, 5.41) is 3.91. The van der Waals surface area contributed by atoms with Crippen molar-refractivity contribution in [1.82, 2.24) is 19.8 Å². The minimum atomic E-state index is -0.388. The van der Waals surface area contributed by atoms with Gasteiger partial charge in [0.25, 0.3) is 11.5 Å². The molecule has 0 saturated heterocycles. The predicted molar refractivity (Wildman–Crippen MR) is 95.0 cm³/mol. The van der Waals surface area contributed by atoms with Crippen LogP contribution < -0.4 is 11.0 Å². The van der Waals surface area contributed by atoms with Gasteiger partial charge in [0.15, 0.2) is 0 Å². The van der Waals surface area contributed by atoms with Gasteiger partial charge in [-0.25, -0.2) is 10.1 Å². The molecule has 0 aliphatic rings. The Morgan fingerprint density at radius 2 is 1.96 bits per heavy atom. The quantitative estimate of drug-likeness (QED) is 0.581. The molecule has 3 rings (SSSR count). The molecule has 126 valence electrons. The molecule has 2 heterocycles. The van der Waals surface area contributed by atoms with Crippen LogP contribution >= 0.6 is 0 Å². The number of hydrazone groups is 1. The van der Waals surface area contributed by atoms with Crippen LogP contribution in [0.4, 0.5) is 0 Å². The van der Waals surface area contributed by atoms with Crippen molar-refractivity contribution < 1.29 is 4.79 Å². The standard InChI is InChI=1S/C18H17N5O2/c1-13-16(12-20-21-17(24)14-7-6-10-19-11-14)18(25)23(22(13)2)15-8-4-3-5-9-15/h3-12H,1-2H3,(H,21,24)/b20-12+. The number of pyridine rings is 1. The van der Waals surface area contributed by atoms with Crippen LogP contribution in [0.15, 0.2) is 64.8 Å². The molecule has 7 nitrogen and oxygen atoms in total. The molecular weight excluding hydrogens is 318 g/mol. The fourth-order valence-corrected chi connectivity index (χ4v) is 2.45. The molecule has 25 heavy (non-hydrogen) atoms. The van der Waals surface area contributed by atoms with E-state index in [4.69, 9.17) is 0 Å². The van der Waals surface area contributed by atoms with E-state index >= 15 is 0 Å². The monoisotopic (exact) mass is 335 g/mol. The van der Waals surface area contributed by atoms with Gasteiger partial charge in [-0.2, -0.15) is 5.10 Å². The molecular formula is C18H17N5O2. The van der Waals surface area contributed by atoms with Gasteiger partial charge in [-0.05, 0) is 31.2 Å². The van der Waals surface area contributed by atoms with Gasteiger partial charge in [0, 0.05) is 25.1 Å². The minimum absolute atomic E-state index is 0.203. The molecule has 7 heteroatoms. The Morgan fingerprint density at radius 1 is 1.20 bits per heavy atom. The van der Waals surface area contributed by atoms with Gasteiger partial charge in [-0.3, -0.25) is 19.3 Å². The summed E-state index contributed by atoms with van der Waals surface area (Å²) in [6.07, 6.45) is 4.39. The van der Waals surface area contributed by atoms with Crippen LogP contribution in [0.5, 0.6) is 0 Å². The Balaban J connectivity index is 1.86. The zero-order chi connectivity index (χ0) is 17.8. The number of hydrogen-bond donors (Lipinski definition) is 1. The predicted octanol–water partition coefficient (Wildman–Crippen LogP) is 1.64. The first-order chi connectivity index (χ1) is 12.1. The molecule has 1 N–H and O–H groups in total. The fraction of sp³-hybridized carbons (Fsp3) is 0.111. The van der Waals surface area contributed by atoms with Crippen molar-refractivity contribution in [1.29, 1.82) is 0 Å². The van der Waals surface area contributed by atoms with Gasteiger partial charge in [0.1, 0.15) is 0 Å². The number of benzene rings is 1. The summed E-state index contributed by atoms with van der Waals surface area (Å²) in [7, 11) is 1.80. The van der Waals surface area contributed by atoms with E-state index in [-0.39, 0.29) is 11.5 Å². The van der Waals surface area contributed by atoms with Crippen molar-refractivity contribution in [2.45, 2.75) is 6.92 Å². The van der Waals surface area contributed by atoms with Gasteiger partial charge in [0.05, 0.1) is 23.0 Å². The molecule has 0 radical (unpaired) electrons. The highest BCUT2D eigenvalue weighted by molar-refractivity contribution is 5.94. The molecule has 0 aliphatic carbocycles. The topological polar surface area (TPSA) is 81.3 Å². The van der Waals surface area contributed by atoms with E-state index in [1.54, 1.807) is 34.7 Å². The van der Waals surface area contributed by atoms with Gasteiger partial charge >= 0.3 is 0 Å². The number of rotatable bonds is 4. The zero-order valence-electron chi connectivity index (χ0n) is 13.9. The summed E-state index contributed by atoms with van der Waals surface area (Å²) in [5.41, 5.74) is 4.51. The van der Waals surface area contributed by atoms with Crippen LogP contribution in [0.1, 0.15) is 21.6 Å². The molecule has 0 unspecified atom stereocenters. The molecule has 0 atom stereocenters. The summed E-state index contributed by atoms with van der Waals surface area (Å²) in [6, 6.07) is 12.6. The van der Waals surface area contributed by atoms with Crippen molar-refractivity contribution in [3.05, 3.63) is 82.0 Å². The third-order valence-electron chi connectivity index (χ3n) is 3.88. The SMILES string of the molecule is Cc1c(/C=N/NC(=O)c2cccnc2)c(=O)n(-c2ccccc2)n1C. The maximum Gasteiger partial charge on any atom is 0.280 e. The van der Waals surface area contributed by atoms with E-state index < -0.39 is 0 Å². The zero-order valence-corrected chi connectivity index (χ0v) is 13.9.